The molecule has 0 aliphatic heterocycles. The van der Waals surface area contributed by atoms with Crippen molar-refractivity contribution in [2.24, 2.45) is 5.73 Å². The molecule has 3 nitrogen and oxygen atoms in total. The maximum atomic E-state index is 13.2. The fourth-order valence-electron chi connectivity index (χ4n) is 1.12. The lowest BCUT2D eigenvalue weighted by Gasteiger charge is -2.09. The van der Waals surface area contributed by atoms with E-state index in [0.29, 0.717) is 17.7 Å². The number of halogens is 1. The highest BCUT2D eigenvalue weighted by Gasteiger charge is 2.07. The second-order valence-corrected chi connectivity index (χ2v) is 2.87. The molecular weight excluding hydrogens is 183 g/mol. The number of carbonyl (C=O) groups excluding carboxylic acids is 1. The second-order valence-electron chi connectivity index (χ2n) is 2.87. The van der Waals surface area contributed by atoms with E-state index in [9.17, 15) is 9.18 Å². The van der Waals surface area contributed by atoms with Crippen LogP contribution in [-0.2, 0) is 11.3 Å². The van der Waals surface area contributed by atoms with Gasteiger partial charge in [-0.3, -0.25) is 4.79 Å². The highest BCUT2D eigenvalue weighted by atomic mass is 19.1. The molecule has 0 saturated carbocycles. The van der Waals surface area contributed by atoms with Crippen LogP contribution in [0.4, 0.5) is 10.1 Å². The summed E-state index contributed by atoms with van der Waals surface area (Å²) in [7, 11) is 0. The number of hydrogen-bond donors (Lipinski definition) is 2. The van der Waals surface area contributed by atoms with Gasteiger partial charge in [0.2, 0.25) is 5.91 Å². The summed E-state index contributed by atoms with van der Waals surface area (Å²) in [5.74, 6) is -0.535. The van der Waals surface area contributed by atoms with Crippen molar-refractivity contribution in [2.75, 3.05) is 5.32 Å². The van der Waals surface area contributed by atoms with Gasteiger partial charge in [-0.25, -0.2) is 4.39 Å². The molecule has 76 valence electrons. The van der Waals surface area contributed by atoms with E-state index in [-0.39, 0.29) is 18.3 Å². The minimum absolute atomic E-state index is 0.0754. The summed E-state index contributed by atoms with van der Waals surface area (Å²) in [6, 6.07) is 4.50. The molecule has 0 aliphatic rings. The van der Waals surface area contributed by atoms with E-state index in [0.717, 1.165) is 0 Å². The van der Waals surface area contributed by atoms with Crippen molar-refractivity contribution >= 4 is 11.6 Å². The summed E-state index contributed by atoms with van der Waals surface area (Å²) in [6.07, 6.45) is 0.362. The van der Waals surface area contributed by atoms with Gasteiger partial charge >= 0.3 is 0 Å². The first-order valence-electron chi connectivity index (χ1n) is 4.46. The minimum atomic E-state index is -0.388. The van der Waals surface area contributed by atoms with Crippen molar-refractivity contribution in [3.63, 3.8) is 0 Å². The van der Waals surface area contributed by atoms with Crippen LogP contribution in [0.25, 0.3) is 0 Å². The van der Waals surface area contributed by atoms with Crippen molar-refractivity contribution in [3.8, 4) is 0 Å². The van der Waals surface area contributed by atoms with Gasteiger partial charge < -0.3 is 11.1 Å². The second kappa shape index (κ2) is 4.72. The molecule has 0 aliphatic carbocycles. The molecule has 0 bridgehead atoms. The Morgan fingerprint density at radius 2 is 2.29 bits per heavy atom. The topological polar surface area (TPSA) is 55.1 Å². The smallest absolute Gasteiger partial charge is 0.224 e. The number of nitrogens with two attached hydrogens (primary N) is 1. The molecule has 0 spiro atoms. The lowest BCUT2D eigenvalue weighted by Crippen LogP contribution is -2.13. The average molecular weight is 196 g/mol. The zero-order valence-electron chi connectivity index (χ0n) is 8.01. The normalized spacial score (nSPS) is 9.93. The summed E-state index contributed by atoms with van der Waals surface area (Å²) >= 11 is 0. The van der Waals surface area contributed by atoms with Gasteiger partial charge in [0.1, 0.15) is 5.82 Å². The summed E-state index contributed by atoms with van der Waals surface area (Å²) < 4.78 is 13.2. The first-order valence-corrected chi connectivity index (χ1v) is 4.46. The van der Waals surface area contributed by atoms with Crippen LogP contribution >= 0.6 is 0 Å². The van der Waals surface area contributed by atoms with Crippen LogP contribution in [0.5, 0.6) is 0 Å². The predicted octanol–water partition coefficient (Wildman–Crippen LogP) is 1.63. The summed E-state index contributed by atoms with van der Waals surface area (Å²) in [6.45, 7) is 1.81. The fourth-order valence-corrected chi connectivity index (χ4v) is 1.12. The number of nitrogens with one attached hydrogen (secondary N) is 1. The zero-order chi connectivity index (χ0) is 10.6. The van der Waals surface area contributed by atoms with E-state index in [1.54, 1.807) is 19.1 Å². The number of hydrogen-bond acceptors (Lipinski definition) is 2. The number of benzene rings is 1. The average Bonchev–Trinajstić information content (AvgIpc) is 2.18. The van der Waals surface area contributed by atoms with Gasteiger partial charge in [-0.05, 0) is 12.1 Å². The van der Waals surface area contributed by atoms with Gasteiger partial charge in [-0.2, -0.15) is 0 Å². The van der Waals surface area contributed by atoms with E-state index in [2.05, 4.69) is 5.32 Å². The molecule has 1 amide bonds. The fraction of sp³-hybridized carbons (Fsp3) is 0.300. The maximum Gasteiger partial charge on any atom is 0.224 e. The molecule has 1 rings (SSSR count). The number of rotatable bonds is 3. The Balaban J connectivity index is 2.96. The highest BCUT2D eigenvalue weighted by Crippen LogP contribution is 2.18. The first-order chi connectivity index (χ1) is 6.69. The van der Waals surface area contributed by atoms with Gasteiger partial charge in [0.25, 0.3) is 0 Å². The van der Waals surface area contributed by atoms with Gasteiger partial charge in [0, 0.05) is 24.2 Å². The molecular formula is C10H13FN2O. The zero-order valence-corrected chi connectivity index (χ0v) is 8.01. The molecule has 0 radical (unpaired) electrons. The third kappa shape index (κ3) is 2.29. The minimum Gasteiger partial charge on any atom is -0.326 e. The molecule has 0 unspecified atom stereocenters. The van der Waals surface area contributed by atoms with Crippen LogP contribution in [0.3, 0.4) is 0 Å². The van der Waals surface area contributed by atoms with Gasteiger partial charge in [-0.15, -0.1) is 0 Å². The van der Waals surface area contributed by atoms with Crippen LogP contribution in [-0.4, -0.2) is 5.91 Å². The van der Waals surface area contributed by atoms with Crippen LogP contribution in [0.2, 0.25) is 0 Å². The summed E-state index contributed by atoms with van der Waals surface area (Å²) in [5, 5.41) is 2.59. The van der Waals surface area contributed by atoms with Gasteiger partial charge in [-0.1, -0.05) is 13.0 Å². The SMILES string of the molecule is CCC(=O)Nc1cccc(F)c1CN. The van der Waals surface area contributed by atoms with Crippen molar-refractivity contribution in [3.05, 3.63) is 29.6 Å². The maximum absolute atomic E-state index is 13.2. The number of carbonyl (C=O) groups is 1. The molecule has 0 saturated heterocycles. The monoisotopic (exact) mass is 196 g/mol. The Kier molecular flexibility index (Phi) is 3.59. The summed E-state index contributed by atoms with van der Waals surface area (Å²) in [5.41, 5.74) is 6.18. The number of anilines is 1. The Morgan fingerprint density at radius 1 is 1.57 bits per heavy atom. The lowest BCUT2D eigenvalue weighted by molar-refractivity contribution is -0.115. The lowest BCUT2D eigenvalue weighted by atomic mass is 10.1. The Bertz CT molecular complexity index is 339. The molecule has 0 aromatic heterocycles. The Labute approximate surface area is 82.1 Å². The molecule has 3 N–H and O–H groups in total. The van der Waals surface area contributed by atoms with E-state index in [1.807, 2.05) is 0 Å². The molecule has 0 fully saturated rings. The molecule has 1 aromatic rings. The Hall–Kier alpha value is -1.42. The van der Waals surface area contributed by atoms with Crippen LogP contribution in [0.15, 0.2) is 18.2 Å². The van der Waals surface area contributed by atoms with E-state index in [1.165, 1.54) is 6.07 Å². The Morgan fingerprint density at radius 3 is 2.86 bits per heavy atom. The molecule has 0 heterocycles. The van der Waals surface area contributed by atoms with E-state index >= 15 is 0 Å². The van der Waals surface area contributed by atoms with Crippen molar-refractivity contribution in [2.45, 2.75) is 19.9 Å². The number of amides is 1. The quantitative estimate of drug-likeness (QED) is 0.772. The van der Waals surface area contributed by atoms with Crippen LogP contribution in [0, 0.1) is 5.82 Å². The third-order valence-corrected chi connectivity index (χ3v) is 1.92. The van der Waals surface area contributed by atoms with Crippen molar-refractivity contribution in [1.82, 2.24) is 0 Å². The molecule has 0 atom stereocenters. The molecule has 14 heavy (non-hydrogen) atoms. The van der Waals surface area contributed by atoms with Gasteiger partial charge in [0.15, 0.2) is 0 Å². The highest BCUT2D eigenvalue weighted by molar-refractivity contribution is 5.91. The van der Waals surface area contributed by atoms with E-state index < -0.39 is 0 Å². The van der Waals surface area contributed by atoms with Crippen molar-refractivity contribution < 1.29 is 9.18 Å². The largest absolute Gasteiger partial charge is 0.326 e. The molecule has 1 aromatic carbocycles. The van der Waals surface area contributed by atoms with Crippen LogP contribution < -0.4 is 11.1 Å². The van der Waals surface area contributed by atoms with Crippen LogP contribution in [0.1, 0.15) is 18.9 Å². The van der Waals surface area contributed by atoms with Crippen molar-refractivity contribution in [1.29, 1.82) is 0 Å². The molecule has 4 heteroatoms. The van der Waals surface area contributed by atoms with E-state index in [4.69, 9.17) is 5.73 Å². The standard InChI is InChI=1S/C10H13FN2O/c1-2-10(14)13-9-5-3-4-8(11)7(9)6-12/h3-5H,2,6,12H2,1H3,(H,13,14). The summed E-state index contributed by atoms with van der Waals surface area (Å²) in [4.78, 5) is 11.1. The predicted molar refractivity (Wildman–Crippen MR) is 53.2 cm³/mol. The third-order valence-electron chi connectivity index (χ3n) is 1.92. The first kappa shape index (κ1) is 10.7. The van der Waals surface area contributed by atoms with Gasteiger partial charge in [0.05, 0.1) is 0 Å².